The van der Waals surface area contributed by atoms with Gasteiger partial charge in [-0.3, -0.25) is 9.79 Å². The molecule has 2 heterocycles. The molecule has 6 heteroatoms. The maximum atomic E-state index is 11.6. The number of amides is 1. The first-order valence-corrected chi connectivity index (χ1v) is 9.90. The van der Waals surface area contributed by atoms with Gasteiger partial charge < -0.3 is 20.3 Å². The molecule has 0 saturated carbocycles. The lowest BCUT2D eigenvalue weighted by atomic mass is 10.0. The molecule has 4 rings (SSSR count). The lowest BCUT2D eigenvalue weighted by molar-refractivity contribution is -0.128. The number of carbonyl (C=O) groups is 1. The third kappa shape index (κ3) is 4.82. The van der Waals surface area contributed by atoms with Crippen LogP contribution in [0.5, 0.6) is 5.75 Å². The molecule has 1 fully saturated rings. The van der Waals surface area contributed by atoms with E-state index in [4.69, 9.17) is 4.74 Å². The Labute approximate surface area is 165 Å². The minimum absolute atomic E-state index is 0.243. The van der Waals surface area contributed by atoms with Crippen LogP contribution < -0.4 is 15.4 Å². The van der Waals surface area contributed by atoms with Gasteiger partial charge in [-0.1, -0.05) is 24.3 Å². The first-order valence-electron chi connectivity index (χ1n) is 9.90. The maximum Gasteiger partial charge on any atom is 0.222 e. The van der Waals surface area contributed by atoms with Crippen molar-refractivity contribution in [2.24, 2.45) is 4.99 Å². The fourth-order valence-corrected chi connectivity index (χ4v) is 3.48. The summed E-state index contributed by atoms with van der Waals surface area (Å²) in [4.78, 5) is 17.8. The molecular weight excluding hydrogens is 352 g/mol. The molecule has 0 bridgehead atoms. The van der Waals surface area contributed by atoms with Crippen molar-refractivity contribution in [3.63, 3.8) is 0 Å². The molecule has 2 aromatic rings. The van der Waals surface area contributed by atoms with Gasteiger partial charge >= 0.3 is 0 Å². The number of benzene rings is 2. The molecule has 0 aliphatic carbocycles. The molecule has 2 aromatic carbocycles. The smallest absolute Gasteiger partial charge is 0.222 e. The molecule has 0 unspecified atom stereocenters. The van der Waals surface area contributed by atoms with Crippen LogP contribution in [0.4, 0.5) is 5.69 Å². The monoisotopic (exact) mass is 378 g/mol. The second-order valence-electron chi connectivity index (χ2n) is 7.13. The number of ether oxygens (including phenoxy) is 1. The van der Waals surface area contributed by atoms with Crippen molar-refractivity contribution in [1.29, 1.82) is 0 Å². The van der Waals surface area contributed by atoms with E-state index in [9.17, 15) is 4.79 Å². The highest BCUT2D eigenvalue weighted by Crippen LogP contribution is 2.17. The van der Waals surface area contributed by atoms with E-state index in [0.717, 1.165) is 49.9 Å². The third-order valence-corrected chi connectivity index (χ3v) is 5.02. The molecule has 0 radical (unpaired) electrons. The Bertz CT molecular complexity index is 831. The predicted octanol–water partition coefficient (Wildman–Crippen LogP) is 2.65. The van der Waals surface area contributed by atoms with Gasteiger partial charge in [-0.05, 0) is 48.2 Å². The molecule has 146 valence electrons. The quantitative estimate of drug-likeness (QED) is 0.777. The van der Waals surface area contributed by atoms with Crippen LogP contribution in [0.2, 0.25) is 0 Å². The number of aliphatic imine (C=N–C) groups is 1. The van der Waals surface area contributed by atoms with Crippen LogP contribution in [0.15, 0.2) is 53.5 Å². The third-order valence-electron chi connectivity index (χ3n) is 5.02. The van der Waals surface area contributed by atoms with Gasteiger partial charge in [0.1, 0.15) is 12.4 Å². The van der Waals surface area contributed by atoms with E-state index in [1.165, 1.54) is 11.1 Å². The van der Waals surface area contributed by atoms with Crippen LogP contribution in [-0.2, 0) is 11.2 Å². The number of nitrogens with one attached hydrogen (secondary N) is 2. The van der Waals surface area contributed by atoms with Crippen molar-refractivity contribution < 1.29 is 9.53 Å². The zero-order valence-electron chi connectivity index (χ0n) is 16.0. The van der Waals surface area contributed by atoms with Crippen molar-refractivity contribution in [3.05, 3.63) is 59.7 Å². The summed E-state index contributed by atoms with van der Waals surface area (Å²) >= 11 is 0. The predicted molar refractivity (Wildman–Crippen MR) is 111 cm³/mol. The van der Waals surface area contributed by atoms with E-state index in [1.54, 1.807) is 0 Å². The SMILES string of the molecule is O=C1CCCN1CCOc1ccc(Cc2ccc(NC3=NCCN3)cc2)cc1. The van der Waals surface area contributed by atoms with Crippen LogP contribution in [0.1, 0.15) is 24.0 Å². The maximum absolute atomic E-state index is 11.6. The van der Waals surface area contributed by atoms with Crippen LogP contribution in [0.3, 0.4) is 0 Å². The van der Waals surface area contributed by atoms with Crippen molar-refractivity contribution in [2.75, 3.05) is 38.1 Å². The Balaban J connectivity index is 1.25. The highest BCUT2D eigenvalue weighted by atomic mass is 16.5. The minimum atomic E-state index is 0.243. The number of carbonyl (C=O) groups excluding carboxylic acids is 1. The first-order chi connectivity index (χ1) is 13.8. The number of likely N-dealkylation sites (tertiary alicyclic amines) is 1. The number of anilines is 1. The van der Waals surface area contributed by atoms with Crippen LogP contribution in [0.25, 0.3) is 0 Å². The molecule has 2 N–H and O–H groups in total. The highest BCUT2D eigenvalue weighted by Gasteiger charge is 2.19. The topological polar surface area (TPSA) is 66.0 Å². The molecule has 6 nitrogen and oxygen atoms in total. The van der Waals surface area contributed by atoms with Gasteiger partial charge in [0.05, 0.1) is 13.1 Å². The standard InChI is InChI=1S/C22H26N4O2/c27-21-2-1-13-26(21)14-15-28-20-9-5-18(6-10-20)16-17-3-7-19(8-4-17)25-22-23-11-12-24-22/h3-10H,1-2,11-16H2,(H2,23,24,25). The lowest BCUT2D eigenvalue weighted by Crippen LogP contribution is -2.29. The van der Waals surface area contributed by atoms with E-state index >= 15 is 0 Å². The second-order valence-corrected chi connectivity index (χ2v) is 7.13. The number of hydrogen-bond acceptors (Lipinski definition) is 5. The number of hydrogen-bond donors (Lipinski definition) is 2. The zero-order chi connectivity index (χ0) is 19.2. The molecule has 1 saturated heterocycles. The number of guanidine groups is 1. The lowest BCUT2D eigenvalue weighted by Gasteiger charge is -2.15. The molecule has 28 heavy (non-hydrogen) atoms. The van der Waals surface area contributed by atoms with Gasteiger partial charge in [0.15, 0.2) is 5.96 Å². The summed E-state index contributed by atoms with van der Waals surface area (Å²) in [6.07, 6.45) is 2.52. The summed E-state index contributed by atoms with van der Waals surface area (Å²) in [7, 11) is 0. The summed E-state index contributed by atoms with van der Waals surface area (Å²) in [5, 5.41) is 6.48. The summed E-state index contributed by atoms with van der Waals surface area (Å²) in [5.41, 5.74) is 3.54. The molecule has 2 aliphatic heterocycles. The van der Waals surface area contributed by atoms with E-state index in [2.05, 4.69) is 52.0 Å². The van der Waals surface area contributed by atoms with Gasteiger partial charge in [0.25, 0.3) is 0 Å². The van der Waals surface area contributed by atoms with Gasteiger partial charge in [0, 0.05) is 25.2 Å². The Hall–Kier alpha value is -3.02. The number of nitrogens with zero attached hydrogens (tertiary/aromatic N) is 2. The van der Waals surface area contributed by atoms with Gasteiger partial charge in [-0.25, -0.2) is 0 Å². The molecule has 0 aromatic heterocycles. The average Bonchev–Trinajstić information content (AvgIpc) is 3.37. The van der Waals surface area contributed by atoms with Crippen molar-refractivity contribution in [2.45, 2.75) is 19.3 Å². The van der Waals surface area contributed by atoms with E-state index in [-0.39, 0.29) is 5.91 Å². The largest absolute Gasteiger partial charge is 0.492 e. The molecule has 2 aliphatic rings. The van der Waals surface area contributed by atoms with E-state index in [1.807, 2.05) is 17.0 Å². The van der Waals surface area contributed by atoms with E-state index < -0.39 is 0 Å². The molecule has 0 spiro atoms. The Morgan fingerprint density at radius 2 is 1.82 bits per heavy atom. The summed E-state index contributed by atoms with van der Waals surface area (Å²) in [6.45, 7) is 3.80. The fourth-order valence-electron chi connectivity index (χ4n) is 3.48. The van der Waals surface area contributed by atoms with Crippen molar-refractivity contribution in [3.8, 4) is 5.75 Å². The fraction of sp³-hybridized carbons (Fsp3) is 0.364. The highest BCUT2D eigenvalue weighted by molar-refractivity contribution is 5.94. The Morgan fingerprint density at radius 3 is 2.46 bits per heavy atom. The zero-order valence-corrected chi connectivity index (χ0v) is 16.0. The van der Waals surface area contributed by atoms with Crippen LogP contribution in [-0.4, -0.2) is 49.6 Å². The Morgan fingerprint density at radius 1 is 1.07 bits per heavy atom. The van der Waals surface area contributed by atoms with Crippen molar-refractivity contribution in [1.82, 2.24) is 10.2 Å². The Kier molecular flexibility index (Phi) is 5.75. The summed E-state index contributed by atoms with van der Waals surface area (Å²) in [5.74, 6) is 1.94. The van der Waals surface area contributed by atoms with Gasteiger partial charge in [-0.2, -0.15) is 0 Å². The summed E-state index contributed by atoms with van der Waals surface area (Å²) in [6, 6.07) is 16.6. The van der Waals surface area contributed by atoms with Crippen LogP contribution >= 0.6 is 0 Å². The molecular formula is C22H26N4O2. The normalized spacial score (nSPS) is 16.1. The summed E-state index contributed by atoms with van der Waals surface area (Å²) < 4.78 is 5.78. The molecule has 0 atom stereocenters. The second kappa shape index (κ2) is 8.78. The van der Waals surface area contributed by atoms with Crippen LogP contribution in [0, 0.1) is 0 Å². The average molecular weight is 378 g/mol. The minimum Gasteiger partial charge on any atom is -0.492 e. The number of rotatable bonds is 7. The van der Waals surface area contributed by atoms with E-state index in [0.29, 0.717) is 19.6 Å². The molecule has 1 amide bonds. The first kappa shape index (κ1) is 18.3. The van der Waals surface area contributed by atoms with Crippen molar-refractivity contribution >= 4 is 17.6 Å². The van der Waals surface area contributed by atoms with Gasteiger partial charge in [0.2, 0.25) is 5.91 Å². The van der Waals surface area contributed by atoms with Gasteiger partial charge in [-0.15, -0.1) is 0 Å².